The molecule has 1 aliphatic heterocycles. The summed E-state index contributed by atoms with van der Waals surface area (Å²) in [6.45, 7) is 3.90. The summed E-state index contributed by atoms with van der Waals surface area (Å²) in [6.07, 6.45) is 0. The number of methoxy groups -OCH3 is 1. The summed E-state index contributed by atoms with van der Waals surface area (Å²) >= 11 is 0. The van der Waals surface area contributed by atoms with Crippen LogP contribution in [0.1, 0.15) is 11.1 Å². The maximum absolute atomic E-state index is 12.8. The van der Waals surface area contributed by atoms with E-state index >= 15 is 0 Å². The molecule has 0 spiro atoms. The van der Waals surface area contributed by atoms with E-state index < -0.39 is 5.97 Å². The van der Waals surface area contributed by atoms with E-state index in [0.29, 0.717) is 17.2 Å². The van der Waals surface area contributed by atoms with Crippen molar-refractivity contribution < 1.29 is 23.8 Å². The largest absolute Gasteiger partial charge is 0.466 e. The summed E-state index contributed by atoms with van der Waals surface area (Å²) in [6, 6.07) is 11.4. The molecule has 31 heavy (non-hydrogen) atoms. The summed E-state index contributed by atoms with van der Waals surface area (Å²) in [5, 5.41) is 12.3. The summed E-state index contributed by atoms with van der Waals surface area (Å²) in [4.78, 5) is 31.0. The average Bonchev–Trinajstić information content (AvgIpc) is 3.31. The smallest absolute Gasteiger partial charge is 0.337 e. The van der Waals surface area contributed by atoms with Crippen LogP contribution in [-0.4, -0.2) is 53.7 Å². The molecule has 0 atom stereocenters. The van der Waals surface area contributed by atoms with Crippen LogP contribution in [0, 0.1) is 13.8 Å². The standard InChI is InChI=1S/C23H23N3O5/c1-13-4-7-17-19(10-13)31-21(25-17)15-6-5-14(2)18(11-15)24-20-16(23(29)30-3)12-26(8-9-27)22(20)28/h4-7,10-11,24,27H,8-9,12H2,1-3H3. The number of esters is 1. The normalized spacial score (nSPS) is 13.9. The van der Waals surface area contributed by atoms with E-state index in [9.17, 15) is 14.7 Å². The van der Waals surface area contributed by atoms with Crippen LogP contribution < -0.4 is 5.32 Å². The van der Waals surface area contributed by atoms with Crippen molar-refractivity contribution in [3.8, 4) is 11.5 Å². The van der Waals surface area contributed by atoms with Crippen molar-refractivity contribution in [2.45, 2.75) is 13.8 Å². The van der Waals surface area contributed by atoms with Crippen LogP contribution in [0.3, 0.4) is 0 Å². The number of carbonyl (C=O) groups excluding carboxylic acids is 2. The minimum absolute atomic E-state index is 0.0810. The van der Waals surface area contributed by atoms with Gasteiger partial charge >= 0.3 is 5.97 Å². The monoisotopic (exact) mass is 421 g/mol. The third kappa shape index (κ3) is 3.89. The highest BCUT2D eigenvalue weighted by Gasteiger charge is 2.34. The molecule has 8 heteroatoms. The van der Waals surface area contributed by atoms with Gasteiger partial charge in [-0.3, -0.25) is 4.79 Å². The fraction of sp³-hybridized carbons (Fsp3) is 0.261. The van der Waals surface area contributed by atoms with Crippen LogP contribution in [0.2, 0.25) is 0 Å². The zero-order valence-corrected chi connectivity index (χ0v) is 17.6. The molecule has 0 saturated carbocycles. The summed E-state index contributed by atoms with van der Waals surface area (Å²) < 4.78 is 10.8. The molecule has 2 heterocycles. The van der Waals surface area contributed by atoms with Gasteiger partial charge in [-0.05, 0) is 49.2 Å². The maximum Gasteiger partial charge on any atom is 0.337 e. The SMILES string of the molecule is COC(=O)C1=C(Nc2cc(-c3nc4ccc(C)cc4o3)ccc2C)C(=O)N(CCO)C1. The molecular formula is C23H23N3O5. The van der Waals surface area contributed by atoms with Gasteiger partial charge in [0, 0.05) is 17.8 Å². The molecule has 1 aliphatic rings. The molecule has 160 valence electrons. The van der Waals surface area contributed by atoms with Gasteiger partial charge in [0.15, 0.2) is 5.58 Å². The predicted molar refractivity (Wildman–Crippen MR) is 115 cm³/mol. The number of amides is 1. The molecule has 1 aromatic heterocycles. The number of hydrogen-bond donors (Lipinski definition) is 2. The first kappa shape index (κ1) is 20.6. The molecular weight excluding hydrogens is 398 g/mol. The number of oxazole rings is 1. The lowest BCUT2D eigenvalue weighted by atomic mass is 10.1. The number of aryl methyl sites for hydroxylation is 2. The van der Waals surface area contributed by atoms with Gasteiger partial charge in [0.1, 0.15) is 11.2 Å². The highest BCUT2D eigenvalue weighted by Crippen LogP contribution is 2.30. The minimum Gasteiger partial charge on any atom is -0.466 e. The molecule has 0 bridgehead atoms. The number of rotatable bonds is 6. The van der Waals surface area contributed by atoms with E-state index in [1.165, 1.54) is 12.0 Å². The molecule has 8 nitrogen and oxygen atoms in total. The zero-order chi connectivity index (χ0) is 22.1. The lowest BCUT2D eigenvalue weighted by Crippen LogP contribution is -2.31. The van der Waals surface area contributed by atoms with Crippen LogP contribution in [0.5, 0.6) is 0 Å². The molecule has 1 amide bonds. The van der Waals surface area contributed by atoms with Gasteiger partial charge in [-0.25, -0.2) is 9.78 Å². The second kappa shape index (κ2) is 8.23. The number of aliphatic hydroxyl groups is 1. The van der Waals surface area contributed by atoms with Gasteiger partial charge < -0.3 is 24.5 Å². The van der Waals surface area contributed by atoms with Crippen LogP contribution in [0.15, 0.2) is 52.1 Å². The summed E-state index contributed by atoms with van der Waals surface area (Å²) in [5.74, 6) is -0.485. The van der Waals surface area contributed by atoms with E-state index in [2.05, 4.69) is 10.3 Å². The molecule has 0 saturated heterocycles. The van der Waals surface area contributed by atoms with Gasteiger partial charge in [0.05, 0.1) is 25.8 Å². The quantitative estimate of drug-likeness (QED) is 0.590. The number of aromatic nitrogens is 1. The van der Waals surface area contributed by atoms with Crippen LogP contribution >= 0.6 is 0 Å². The first-order valence-corrected chi connectivity index (χ1v) is 9.88. The van der Waals surface area contributed by atoms with E-state index in [1.807, 2.05) is 50.2 Å². The minimum atomic E-state index is -0.584. The lowest BCUT2D eigenvalue weighted by Gasteiger charge is -2.15. The fourth-order valence-electron chi connectivity index (χ4n) is 3.53. The molecule has 0 unspecified atom stereocenters. The Morgan fingerprint density at radius 2 is 2.06 bits per heavy atom. The predicted octanol–water partition coefficient (Wildman–Crippen LogP) is 2.79. The Labute approximate surface area is 179 Å². The van der Waals surface area contributed by atoms with E-state index in [4.69, 9.17) is 9.15 Å². The van der Waals surface area contributed by atoms with Crippen molar-refractivity contribution in [1.82, 2.24) is 9.88 Å². The summed E-state index contributed by atoms with van der Waals surface area (Å²) in [5.41, 5.74) is 5.17. The number of carbonyl (C=O) groups is 2. The number of benzene rings is 2. The van der Waals surface area contributed by atoms with Crippen molar-refractivity contribution in [1.29, 1.82) is 0 Å². The molecule has 0 aliphatic carbocycles. The lowest BCUT2D eigenvalue weighted by molar-refractivity contribution is -0.136. The Hall–Kier alpha value is -3.65. The molecule has 2 aromatic carbocycles. The Morgan fingerprint density at radius 3 is 2.81 bits per heavy atom. The third-order valence-electron chi connectivity index (χ3n) is 5.24. The topological polar surface area (TPSA) is 105 Å². The van der Waals surface area contributed by atoms with Crippen molar-refractivity contribution in [3.63, 3.8) is 0 Å². The van der Waals surface area contributed by atoms with Crippen molar-refractivity contribution >= 4 is 28.7 Å². The first-order valence-electron chi connectivity index (χ1n) is 9.88. The first-order chi connectivity index (χ1) is 14.9. The van der Waals surface area contributed by atoms with Gasteiger partial charge in [-0.2, -0.15) is 0 Å². The van der Waals surface area contributed by atoms with E-state index in [0.717, 1.165) is 22.2 Å². The summed E-state index contributed by atoms with van der Waals surface area (Å²) in [7, 11) is 1.27. The highest BCUT2D eigenvalue weighted by molar-refractivity contribution is 6.08. The van der Waals surface area contributed by atoms with E-state index in [-0.39, 0.29) is 36.9 Å². The van der Waals surface area contributed by atoms with Crippen LogP contribution in [0.4, 0.5) is 5.69 Å². The number of β-amino-alcohol motifs (C(OH)–C–C–N with tert-alkyl or cyclic N) is 1. The van der Waals surface area contributed by atoms with E-state index in [1.54, 1.807) is 0 Å². The molecule has 0 fully saturated rings. The molecule has 2 N–H and O–H groups in total. The number of nitrogens with one attached hydrogen (secondary N) is 1. The second-order valence-corrected chi connectivity index (χ2v) is 7.44. The fourth-order valence-corrected chi connectivity index (χ4v) is 3.53. The average molecular weight is 421 g/mol. The van der Waals surface area contributed by atoms with Gasteiger partial charge in [0.25, 0.3) is 5.91 Å². The van der Waals surface area contributed by atoms with Gasteiger partial charge in [-0.1, -0.05) is 12.1 Å². The van der Waals surface area contributed by atoms with Crippen LogP contribution in [-0.2, 0) is 14.3 Å². The molecule has 3 aromatic rings. The Bertz CT molecular complexity index is 1210. The maximum atomic E-state index is 12.8. The van der Waals surface area contributed by atoms with Gasteiger partial charge in [-0.15, -0.1) is 0 Å². The number of nitrogens with zero attached hydrogens (tertiary/aromatic N) is 2. The highest BCUT2D eigenvalue weighted by atomic mass is 16.5. The Kier molecular flexibility index (Phi) is 5.48. The van der Waals surface area contributed by atoms with Crippen molar-refractivity contribution in [3.05, 3.63) is 58.8 Å². The number of anilines is 1. The number of aliphatic hydroxyl groups excluding tert-OH is 1. The zero-order valence-electron chi connectivity index (χ0n) is 17.6. The van der Waals surface area contributed by atoms with Crippen molar-refractivity contribution in [2.24, 2.45) is 0 Å². The van der Waals surface area contributed by atoms with Crippen molar-refractivity contribution in [2.75, 3.05) is 32.1 Å². The number of ether oxygens (including phenoxy) is 1. The van der Waals surface area contributed by atoms with Crippen LogP contribution in [0.25, 0.3) is 22.6 Å². The Morgan fingerprint density at radius 1 is 1.26 bits per heavy atom. The Balaban J connectivity index is 1.70. The van der Waals surface area contributed by atoms with Gasteiger partial charge in [0.2, 0.25) is 5.89 Å². The third-order valence-corrected chi connectivity index (χ3v) is 5.24. The second-order valence-electron chi connectivity index (χ2n) is 7.44. The molecule has 4 rings (SSSR count). The number of fused-ring (bicyclic) bond motifs is 1. The number of hydrogen-bond acceptors (Lipinski definition) is 7. The molecule has 0 radical (unpaired) electrons.